The summed E-state index contributed by atoms with van der Waals surface area (Å²) in [5.41, 5.74) is 3.37. The van der Waals surface area contributed by atoms with E-state index in [-0.39, 0.29) is 24.4 Å². The summed E-state index contributed by atoms with van der Waals surface area (Å²) in [5, 5.41) is 19.7. The van der Waals surface area contributed by atoms with Crippen molar-refractivity contribution in [2.45, 2.75) is 32.5 Å². The molecule has 0 radical (unpaired) electrons. The van der Waals surface area contributed by atoms with Crippen LogP contribution in [0, 0.1) is 0 Å². The van der Waals surface area contributed by atoms with Gasteiger partial charge in [-0.3, -0.25) is 0 Å². The third-order valence-corrected chi connectivity index (χ3v) is 4.77. The van der Waals surface area contributed by atoms with Crippen LogP contribution < -0.4 is 14.2 Å². The van der Waals surface area contributed by atoms with Crippen LogP contribution in [0.5, 0.6) is 23.0 Å². The summed E-state index contributed by atoms with van der Waals surface area (Å²) < 4.78 is 17.0. The Balaban J connectivity index is 2.07. The molecule has 5 nitrogen and oxygen atoms in total. The molecule has 0 saturated carbocycles. The number of benzene rings is 2. The fourth-order valence-electron chi connectivity index (χ4n) is 3.43. The predicted molar refractivity (Wildman–Crippen MR) is 100 cm³/mol. The lowest BCUT2D eigenvalue weighted by Gasteiger charge is -2.19. The van der Waals surface area contributed by atoms with Crippen LogP contribution in [-0.2, 0) is 6.61 Å². The highest BCUT2D eigenvalue weighted by Crippen LogP contribution is 2.51. The molecule has 3 rings (SSSR count). The molecule has 5 heteroatoms. The van der Waals surface area contributed by atoms with Gasteiger partial charge >= 0.3 is 0 Å². The standard InChI is InChI=1S/C21H24O5/c1-5-6-13-7-16-12(2)20(26-21(16)18(8-13)25-4)14-9-15(11-22)19(23)17(10-14)24-3/h5-10,12,20,22-23H,11H2,1-4H3/b6-5+/t12-,20-/m0/s1. The molecule has 138 valence electrons. The van der Waals surface area contributed by atoms with Crippen molar-refractivity contribution in [3.63, 3.8) is 0 Å². The van der Waals surface area contributed by atoms with Crippen LogP contribution >= 0.6 is 0 Å². The summed E-state index contributed by atoms with van der Waals surface area (Å²) in [4.78, 5) is 0. The lowest BCUT2D eigenvalue weighted by Crippen LogP contribution is -2.08. The number of phenols is 1. The average molecular weight is 356 g/mol. The molecule has 0 saturated heterocycles. The number of methoxy groups -OCH3 is 2. The first-order chi connectivity index (χ1) is 12.5. The Labute approximate surface area is 153 Å². The van der Waals surface area contributed by atoms with E-state index in [1.807, 2.05) is 25.1 Å². The summed E-state index contributed by atoms with van der Waals surface area (Å²) in [6.45, 7) is 3.79. The molecule has 26 heavy (non-hydrogen) atoms. The van der Waals surface area contributed by atoms with Gasteiger partial charge in [-0.1, -0.05) is 19.1 Å². The highest BCUT2D eigenvalue weighted by Gasteiger charge is 2.35. The van der Waals surface area contributed by atoms with E-state index in [1.54, 1.807) is 19.2 Å². The van der Waals surface area contributed by atoms with Crippen molar-refractivity contribution in [3.05, 3.63) is 52.6 Å². The van der Waals surface area contributed by atoms with Crippen LogP contribution in [0.1, 0.15) is 48.1 Å². The first kappa shape index (κ1) is 18.1. The van der Waals surface area contributed by atoms with Crippen LogP contribution in [0.3, 0.4) is 0 Å². The van der Waals surface area contributed by atoms with Crippen LogP contribution in [-0.4, -0.2) is 24.4 Å². The van der Waals surface area contributed by atoms with E-state index in [0.29, 0.717) is 17.1 Å². The van der Waals surface area contributed by atoms with Gasteiger partial charge in [-0.2, -0.15) is 0 Å². The van der Waals surface area contributed by atoms with E-state index in [2.05, 4.69) is 13.0 Å². The minimum atomic E-state index is -0.279. The number of fused-ring (bicyclic) bond motifs is 1. The Morgan fingerprint density at radius 1 is 1.12 bits per heavy atom. The summed E-state index contributed by atoms with van der Waals surface area (Å²) >= 11 is 0. The van der Waals surface area contributed by atoms with Crippen LogP contribution in [0.2, 0.25) is 0 Å². The van der Waals surface area contributed by atoms with Crippen molar-refractivity contribution in [1.82, 2.24) is 0 Å². The normalized spacial score (nSPS) is 18.7. The summed E-state index contributed by atoms with van der Waals surface area (Å²) in [5.74, 6) is 1.77. The molecule has 1 aliphatic heterocycles. The van der Waals surface area contributed by atoms with Crippen LogP contribution in [0.25, 0.3) is 6.08 Å². The molecule has 0 aliphatic carbocycles. The number of hydrogen-bond acceptors (Lipinski definition) is 5. The average Bonchev–Trinajstić information content (AvgIpc) is 2.98. The molecule has 0 amide bonds. The number of allylic oxidation sites excluding steroid dienone is 1. The van der Waals surface area contributed by atoms with Gasteiger partial charge in [0.25, 0.3) is 0 Å². The highest BCUT2D eigenvalue weighted by molar-refractivity contribution is 5.62. The van der Waals surface area contributed by atoms with Crippen molar-refractivity contribution in [3.8, 4) is 23.0 Å². The second-order valence-corrected chi connectivity index (χ2v) is 6.36. The monoisotopic (exact) mass is 356 g/mol. The molecule has 2 atom stereocenters. The number of aliphatic hydroxyl groups is 1. The number of rotatable bonds is 5. The zero-order chi connectivity index (χ0) is 18.8. The Bertz CT molecular complexity index is 816. The SMILES string of the molecule is C/C=C/c1cc(OC)c2c(c1)[C@H](C)[C@@H](c1cc(CO)c(O)c(OC)c1)O2. The molecular formula is C21H24O5. The largest absolute Gasteiger partial charge is 0.504 e. The highest BCUT2D eigenvalue weighted by atomic mass is 16.5. The Kier molecular flexibility index (Phi) is 5.09. The molecule has 0 aromatic heterocycles. The fraction of sp³-hybridized carbons (Fsp3) is 0.333. The molecule has 2 N–H and O–H groups in total. The topological polar surface area (TPSA) is 68.2 Å². The van der Waals surface area contributed by atoms with Gasteiger partial charge in [0.05, 0.1) is 20.8 Å². The van der Waals surface area contributed by atoms with Crippen molar-refractivity contribution in [2.75, 3.05) is 14.2 Å². The number of aliphatic hydroxyl groups excluding tert-OH is 1. The van der Waals surface area contributed by atoms with Gasteiger partial charge in [0.1, 0.15) is 6.10 Å². The molecule has 0 fully saturated rings. The van der Waals surface area contributed by atoms with Gasteiger partial charge in [-0.25, -0.2) is 0 Å². The Hall–Kier alpha value is -2.66. The first-order valence-corrected chi connectivity index (χ1v) is 8.55. The number of ether oxygens (including phenoxy) is 3. The van der Waals surface area contributed by atoms with Crippen molar-refractivity contribution in [1.29, 1.82) is 0 Å². The minimum absolute atomic E-state index is 0.0464. The van der Waals surface area contributed by atoms with E-state index in [4.69, 9.17) is 14.2 Å². The van der Waals surface area contributed by atoms with E-state index in [0.717, 1.165) is 22.4 Å². The lowest BCUT2D eigenvalue weighted by molar-refractivity contribution is 0.206. The maximum Gasteiger partial charge on any atom is 0.165 e. The van der Waals surface area contributed by atoms with Crippen molar-refractivity contribution >= 4 is 6.08 Å². The van der Waals surface area contributed by atoms with Gasteiger partial charge in [0.2, 0.25) is 0 Å². The maximum absolute atomic E-state index is 10.1. The van der Waals surface area contributed by atoms with E-state index < -0.39 is 0 Å². The molecule has 0 bridgehead atoms. The van der Waals surface area contributed by atoms with Gasteiger partial charge in [-0.15, -0.1) is 0 Å². The summed E-state index contributed by atoms with van der Waals surface area (Å²) in [7, 11) is 3.11. The van der Waals surface area contributed by atoms with Crippen molar-refractivity contribution in [2.24, 2.45) is 0 Å². The lowest BCUT2D eigenvalue weighted by atomic mass is 9.90. The fourth-order valence-corrected chi connectivity index (χ4v) is 3.43. The third kappa shape index (κ3) is 2.99. The van der Waals surface area contributed by atoms with Crippen LogP contribution in [0.15, 0.2) is 30.3 Å². The molecule has 2 aromatic rings. The van der Waals surface area contributed by atoms with Gasteiger partial charge in [0, 0.05) is 17.0 Å². The minimum Gasteiger partial charge on any atom is -0.504 e. The zero-order valence-corrected chi connectivity index (χ0v) is 15.4. The van der Waals surface area contributed by atoms with E-state index >= 15 is 0 Å². The van der Waals surface area contributed by atoms with Gasteiger partial charge in [0.15, 0.2) is 23.0 Å². The summed E-state index contributed by atoms with van der Waals surface area (Å²) in [6, 6.07) is 7.56. The Morgan fingerprint density at radius 2 is 1.85 bits per heavy atom. The van der Waals surface area contributed by atoms with Gasteiger partial charge in [-0.05, 0) is 42.3 Å². The van der Waals surface area contributed by atoms with Crippen molar-refractivity contribution < 1.29 is 24.4 Å². The van der Waals surface area contributed by atoms with Gasteiger partial charge < -0.3 is 24.4 Å². The third-order valence-electron chi connectivity index (χ3n) is 4.77. The number of hydrogen-bond donors (Lipinski definition) is 2. The maximum atomic E-state index is 10.1. The van der Waals surface area contributed by atoms with E-state index in [9.17, 15) is 10.2 Å². The molecule has 0 spiro atoms. The first-order valence-electron chi connectivity index (χ1n) is 8.55. The molecule has 0 unspecified atom stereocenters. The van der Waals surface area contributed by atoms with E-state index in [1.165, 1.54) is 7.11 Å². The Morgan fingerprint density at radius 3 is 2.46 bits per heavy atom. The quantitative estimate of drug-likeness (QED) is 0.841. The number of aromatic hydroxyl groups is 1. The zero-order valence-electron chi connectivity index (χ0n) is 15.4. The predicted octanol–water partition coefficient (Wildman–Crippen LogP) is 4.17. The summed E-state index contributed by atoms with van der Waals surface area (Å²) in [6.07, 6.45) is 3.74. The van der Waals surface area contributed by atoms with Crippen LogP contribution in [0.4, 0.5) is 0 Å². The second kappa shape index (κ2) is 7.30. The second-order valence-electron chi connectivity index (χ2n) is 6.36. The molecular weight excluding hydrogens is 332 g/mol. The smallest absolute Gasteiger partial charge is 0.165 e. The molecule has 1 heterocycles. The molecule has 2 aromatic carbocycles. The molecule has 1 aliphatic rings.